The molecule has 0 heterocycles. The normalized spacial score (nSPS) is 10.7. The number of guanidine groups is 1. The molecule has 4 nitrogen and oxygen atoms in total. The first-order valence-electron chi connectivity index (χ1n) is 5.97. The summed E-state index contributed by atoms with van der Waals surface area (Å²) in [5.74, 6) is 1.29. The van der Waals surface area contributed by atoms with Gasteiger partial charge in [0.1, 0.15) is 5.75 Å². The van der Waals surface area contributed by atoms with Crippen LogP contribution in [-0.2, 0) is 0 Å². The molecule has 0 fully saturated rings. The van der Waals surface area contributed by atoms with Crippen molar-refractivity contribution in [2.75, 3.05) is 19.0 Å². The number of halogens is 1. The van der Waals surface area contributed by atoms with Gasteiger partial charge in [-0.25, -0.2) is 0 Å². The van der Waals surface area contributed by atoms with Crippen molar-refractivity contribution in [3.05, 3.63) is 24.3 Å². The maximum absolute atomic E-state index is 5.77. The summed E-state index contributed by atoms with van der Waals surface area (Å²) in [4.78, 5) is 4.25. The zero-order valence-corrected chi connectivity index (χ0v) is 13.3. The molecule has 0 aromatic heterocycles. The minimum atomic E-state index is 0. The maximum atomic E-state index is 5.77. The Kier molecular flexibility index (Phi) is 9.45. The average molecular weight is 363 g/mol. The summed E-state index contributed by atoms with van der Waals surface area (Å²) in [6.45, 7) is 2.95. The van der Waals surface area contributed by atoms with E-state index in [9.17, 15) is 0 Å². The third-order valence-electron chi connectivity index (χ3n) is 2.41. The van der Waals surface area contributed by atoms with E-state index in [0.29, 0.717) is 5.96 Å². The van der Waals surface area contributed by atoms with E-state index in [1.54, 1.807) is 7.11 Å². The van der Waals surface area contributed by atoms with E-state index in [1.807, 2.05) is 24.3 Å². The second-order valence-electron chi connectivity index (χ2n) is 3.83. The van der Waals surface area contributed by atoms with Gasteiger partial charge in [0.05, 0.1) is 7.11 Å². The number of nitrogens with two attached hydrogens (primary N) is 1. The van der Waals surface area contributed by atoms with Crippen LogP contribution in [0.15, 0.2) is 29.3 Å². The first-order chi connectivity index (χ1) is 8.26. The number of nitrogens with one attached hydrogen (secondary N) is 1. The molecule has 5 heteroatoms. The zero-order chi connectivity index (χ0) is 12.5. The average Bonchev–Trinajstić information content (AvgIpc) is 2.36. The van der Waals surface area contributed by atoms with Gasteiger partial charge in [0.2, 0.25) is 0 Å². The van der Waals surface area contributed by atoms with Gasteiger partial charge >= 0.3 is 0 Å². The number of ether oxygens (including phenoxy) is 1. The minimum Gasteiger partial charge on any atom is -0.497 e. The Morgan fingerprint density at radius 2 is 1.94 bits per heavy atom. The highest BCUT2D eigenvalue weighted by atomic mass is 127. The Bertz CT molecular complexity index is 352. The number of unbranched alkanes of at least 4 members (excludes halogenated alkanes) is 2. The summed E-state index contributed by atoms with van der Waals surface area (Å²) in [6.07, 6.45) is 3.47. The van der Waals surface area contributed by atoms with E-state index in [1.165, 1.54) is 12.8 Å². The van der Waals surface area contributed by atoms with Crippen molar-refractivity contribution in [2.24, 2.45) is 10.7 Å². The molecular weight excluding hydrogens is 341 g/mol. The molecular formula is C13H22IN3O. The zero-order valence-electron chi connectivity index (χ0n) is 11.0. The number of methoxy groups -OCH3 is 1. The lowest BCUT2D eigenvalue weighted by Gasteiger charge is -2.06. The SMILES string of the molecule is CCCCCN=C(N)Nc1ccc(OC)cc1.I. The highest BCUT2D eigenvalue weighted by molar-refractivity contribution is 14.0. The van der Waals surface area contributed by atoms with Gasteiger partial charge in [-0.1, -0.05) is 19.8 Å². The molecule has 1 aromatic rings. The van der Waals surface area contributed by atoms with Crippen molar-refractivity contribution >= 4 is 35.6 Å². The van der Waals surface area contributed by atoms with Crippen molar-refractivity contribution in [3.8, 4) is 5.75 Å². The number of aliphatic imine (C=N–C) groups is 1. The molecule has 0 aliphatic carbocycles. The van der Waals surface area contributed by atoms with Crippen LogP contribution in [0.25, 0.3) is 0 Å². The topological polar surface area (TPSA) is 59.6 Å². The Morgan fingerprint density at radius 1 is 1.28 bits per heavy atom. The van der Waals surface area contributed by atoms with Crippen molar-refractivity contribution in [3.63, 3.8) is 0 Å². The van der Waals surface area contributed by atoms with E-state index in [2.05, 4.69) is 17.2 Å². The Labute approximate surface area is 126 Å². The van der Waals surface area contributed by atoms with Crippen LogP contribution in [0.3, 0.4) is 0 Å². The molecule has 0 saturated carbocycles. The Morgan fingerprint density at radius 3 is 2.50 bits per heavy atom. The second kappa shape index (κ2) is 9.99. The van der Waals surface area contributed by atoms with Crippen molar-refractivity contribution < 1.29 is 4.74 Å². The molecule has 0 radical (unpaired) electrons. The fourth-order valence-corrected chi connectivity index (χ4v) is 1.42. The van der Waals surface area contributed by atoms with Gasteiger partial charge in [-0.3, -0.25) is 4.99 Å². The maximum Gasteiger partial charge on any atom is 0.193 e. The molecule has 0 spiro atoms. The smallest absolute Gasteiger partial charge is 0.193 e. The first kappa shape index (κ1) is 17.0. The molecule has 0 saturated heterocycles. The highest BCUT2D eigenvalue weighted by Crippen LogP contribution is 2.14. The van der Waals surface area contributed by atoms with E-state index in [4.69, 9.17) is 10.5 Å². The van der Waals surface area contributed by atoms with E-state index in [-0.39, 0.29) is 24.0 Å². The van der Waals surface area contributed by atoms with Crippen LogP contribution in [0.5, 0.6) is 5.75 Å². The monoisotopic (exact) mass is 363 g/mol. The van der Waals surface area contributed by atoms with E-state index >= 15 is 0 Å². The molecule has 0 unspecified atom stereocenters. The lowest BCUT2D eigenvalue weighted by atomic mass is 10.2. The van der Waals surface area contributed by atoms with Gasteiger partial charge in [0, 0.05) is 12.2 Å². The second-order valence-corrected chi connectivity index (χ2v) is 3.83. The molecule has 0 atom stereocenters. The number of rotatable bonds is 6. The third-order valence-corrected chi connectivity index (χ3v) is 2.41. The first-order valence-corrected chi connectivity index (χ1v) is 5.97. The number of benzene rings is 1. The number of hydrogen-bond donors (Lipinski definition) is 2. The molecule has 1 rings (SSSR count). The predicted octanol–water partition coefficient (Wildman–Crippen LogP) is 3.23. The summed E-state index contributed by atoms with van der Waals surface area (Å²) in [5, 5.41) is 3.04. The molecule has 18 heavy (non-hydrogen) atoms. The van der Waals surface area contributed by atoms with E-state index < -0.39 is 0 Å². The third kappa shape index (κ3) is 6.68. The van der Waals surface area contributed by atoms with Crippen LogP contribution in [0.2, 0.25) is 0 Å². The molecule has 0 aliphatic heterocycles. The van der Waals surface area contributed by atoms with Crippen LogP contribution in [0.1, 0.15) is 26.2 Å². The molecule has 102 valence electrons. The van der Waals surface area contributed by atoms with Gasteiger partial charge in [0.25, 0.3) is 0 Å². The van der Waals surface area contributed by atoms with Gasteiger partial charge in [0.15, 0.2) is 5.96 Å². The summed E-state index contributed by atoms with van der Waals surface area (Å²) < 4.78 is 5.08. The summed E-state index contributed by atoms with van der Waals surface area (Å²) in [5.41, 5.74) is 6.69. The lowest BCUT2D eigenvalue weighted by molar-refractivity contribution is 0.415. The quantitative estimate of drug-likeness (QED) is 0.353. The Balaban J connectivity index is 0.00000289. The molecule has 1 aromatic carbocycles. The number of anilines is 1. The summed E-state index contributed by atoms with van der Waals surface area (Å²) in [6, 6.07) is 7.58. The van der Waals surface area contributed by atoms with Crippen LogP contribution in [0, 0.1) is 0 Å². The summed E-state index contributed by atoms with van der Waals surface area (Å²) >= 11 is 0. The minimum absolute atomic E-state index is 0. The van der Waals surface area contributed by atoms with Gasteiger partial charge < -0.3 is 15.8 Å². The van der Waals surface area contributed by atoms with E-state index in [0.717, 1.165) is 24.4 Å². The molecule has 3 N–H and O–H groups in total. The van der Waals surface area contributed by atoms with Gasteiger partial charge in [-0.2, -0.15) is 0 Å². The van der Waals surface area contributed by atoms with Crippen LogP contribution in [-0.4, -0.2) is 19.6 Å². The van der Waals surface area contributed by atoms with Crippen LogP contribution in [0.4, 0.5) is 5.69 Å². The summed E-state index contributed by atoms with van der Waals surface area (Å²) in [7, 11) is 1.64. The standard InChI is InChI=1S/C13H21N3O.HI/c1-3-4-5-10-15-13(14)16-11-6-8-12(17-2)9-7-11;/h6-9H,3-5,10H2,1-2H3,(H3,14,15,16);1H. The molecule has 0 bridgehead atoms. The largest absolute Gasteiger partial charge is 0.497 e. The van der Waals surface area contributed by atoms with Crippen LogP contribution >= 0.6 is 24.0 Å². The van der Waals surface area contributed by atoms with Crippen molar-refractivity contribution in [1.82, 2.24) is 0 Å². The van der Waals surface area contributed by atoms with Crippen molar-refractivity contribution in [2.45, 2.75) is 26.2 Å². The predicted molar refractivity (Wildman–Crippen MR) is 88.0 cm³/mol. The number of nitrogens with zero attached hydrogens (tertiary/aromatic N) is 1. The van der Waals surface area contributed by atoms with Crippen molar-refractivity contribution in [1.29, 1.82) is 0 Å². The van der Waals surface area contributed by atoms with Gasteiger partial charge in [-0.05, 0) is 30.7 Å². The lowest BCUT2D eigenvalue weighted by Crippen LogP contribution is -2.22. The fraction of sp³-hybridized carbons (Fsp3) is 0.462. The number of hydrogen-bond acceptors (Lipinski definition) is 2. The van der Waals surface area contributed by atoms with Gasteiger partial charge in [-0.15, -0.1) is 24.0 Å². The fourth-order valence-electron chi connectivity index (χ4n) is 1.42. The molecule has 0 aliphatic rings. The highest BCUT2D eigenvalue weighted by Gasteiger charge is 1.95. The van der Waals surface area contributed by atoms with Crippen LogP contribution < -0.4 is 15.8 Å². The molecule has 0 amide bonds. The Hall–Kier alpha value is -0.980.